The van der Waals surface area contributed by atoms with Gasteiger partial charge >= 0.3 is 6.03 Å². The summed E-state index contributed by atoms with van der Waals surface area (Å²) >= 11 is 0. The summed E-state index contributed by atoms with van der Waals surface area (Å²) in [5.41, 5.74) is 1.09. The molecule has 1 saturated heterocycles. The third kappa shape index (κ3) is 2.99. The van der Waals surface area contributed by atoms with E-state index in [1.807, 2.05) is 0 Å². The lowest BCUT2D eigenvalue weighted by atomic mass is 10.1. The number of fused-ring (bicyclic) bond motifs is 1. The molecule has 2 aromatic carbocycles. The number of hydrogen-bond donors (Lipinski definition) is 1. The van der Waals surface area contributed by atoms with E-state index in [4.69, 9.17) is 9.47 Å². The number of halogens is 1. The Morgan fingerprint density at radius 1 is 1.08 bits per heavy atom. The number of carbonyl (C=O) groups is 2. The van der Waals surface area contributed by atoms with Crippen LogP contribution >= 0.6 is 0 Å². The van der Waals surface area contributed by atoms with Gasteiger partial charge < -0.3 is 14.8 Å². The SMILES string of the molecule is O=C1N/C(=C/c2ccc3c(c2)OCCO3)C(=O)N1Cc1ccccc1F. The lowest BCUT2D eigenvalue weighted by Crippen LogP contribution is -2.30. The van der Waals surface area contributed by atoms with Crippen molar-refractivity contribution in [3.05, 3.63) is 65.1 Å². The summed E-state index contributed by atoms with van der Waals surface area (Å²) in [6, 6.07) is 10.7. The second-order valence-corrected chi connectivity index (χ2v) is 5.87. The summed E-state index contributed by atoms with van der Waals surface area (Å²) < 4.78 is 24.8. The van der Waals surface area contributed by atoms with Gasteiger partial charge in [-0.05, 0) is 29.8 Å². The molecule has 0 unspecified atom stereocenters. The third-order valence-electron chi connectivity index (χ3n) is 4.13. The Kier molecular flexibility index (Phi) is 4.04. The fourth-order valence-electron chi connectivity index (χ4n) is 2.83. The molecule has 0 saturated carbocycles. The minimum Gasteiger partial charge on any atom is -0.486 e. The highest BCUT2D eigenvalue weighted by molar-refractivity contribution is 6.13. The van der Waals surface area contributed by atoms with Gasteiger partial charge in [-0.15, -0.1) is 0 Å². The van der Waals surface area contributed by atoms with Gasteiger partial charge in [0.25, 0.3) is 5.91 Å². The second kappa shape index (κ2) is 6.51. The molecule has 132 valence electrons. The van der Waals surface area contributed by atoms with Gasteiger partial charge in [-0.2, -0.15) is 0 Å². The first-order valence-electron chi connectivity index (χ1n) is 8.09. The molecule has 0 bridgehead atoms. The zero-order valence-corrected chi connectivity index (χ0v) is 13.7. The zero-order chi connectivity index (χ0) is 18.1. The molecule has 7 heteroatoms. The maximum atomic E-state index is 13.8. The van der Waals surface area contributed by atoms with Crippen molar-refractivity contribution >= 4 is 18.0 Å². The molecule has 0 aliphatic carbocycles. The molecule has 0 spiro atoms. The smallest absolute Gasteiger partial charge is 0.329 e. The summed E-state index contributed by atoms with van der Waals surface area (Å²) in [5.74, 6) is 0.262. The van der Waals surface area contributed by atoms with E-state index in [9.17, 15) is 14.0 Å². The van der Waals surface area contributed by atoms with Crippen molar-refractivity contribution in [3.63, 3.8) is 0 Å². The molecule has 2 aromatic rings. The normalized spacial score (nSPS) is 17.6. The van der Waals surface area contributed by atoms with Crippen LogP contribution in [0.5, 0.6) is 11.5 Å². The standard InChI is InChI=1S/C19H15FN2O4/c20-14-4-2-1-3-13(14)11-22-18(23)15(21-19(22)24)9-12-5-6-16-17(10-12)26-8-7-25-16/h1-6,9-10H,7-8,11H2,(H,21,24)/b15-9+. The molecule has 2 aliphatic rings. The quantitative estimate of drug-likeness (QED) is 0.680. The van der Waals surface area contributed by atoms with Gasteiger partial charge in [-0.3, -0.25) is 9.69 Å². The van der Waals surface area contributed by atoms with Crippen molar-refractivity contribution in [1.29, 1.82) is 0 Å². The molecule has 2 heterocycles. The first-order valence-corrected chi connectivity index (χ1v) is 8.09. The second-order valence-electron chi connectivity index (χ2n) is 5.87. The van der Waals surface area contributed by atoms with Crippen molar-refractivity contribution in [2.75, 3.05) is 13.2 Å². The van der Waals surface area contributed by atoms with Gasteiger partial charge in [0.2, 0.25) is 0 Å². The lowest BCUT2D eigenvalue weighted by Gasteiger charge is -2.18. The lowest BCUT2D eigenvalue weighted by molar-refractivity contribution is -0.123. The van der Waals surface area contributed by atoms with Crippen LogP contribution in [-0.4, -0.2) is 30.1 Å². The maximum absolute atomic E-state index is 13.8. The topological polar surface area (TPSA) is 67.9 Å². The molecule has 26 heavy (non-hydrogen) atoms. The number of urea groups is 1. The predicted molar refractivity (Wildman–Crippen MR) is 90.9 cm³/mol. The van der Waals surface area contributed by atoms with Crippen LogP contribution in [0, 0.1) is 5.82 Å². The van der Waals surface area contributed by atoms with Crippen LogP contribution in [0.1, 0.15) is 11.1 Å². The third-order valence-corrected chi connectivity index (χ3v) is 4.13. The van der Waals surface area contributed by atoms with Crippen LogP contribution in [0.4, 0.5) is 9.18 Å². The van der Waals surface area contributed by atoms with E-state index < -0.39 is 17.8 Å². The summed E-state index contributed by atoms with van der Waals surface area (Å²) in [6.45, 7) is 0.821. The minimum absolute atomic E-state index is 0.128. The molecule has 1 fully saturated rings. The minimum atomic E-state index is -0.581. The number of nitrogens with one attached hydrogen (secondary N) is 1. The Hall–Kier alpha value is -3.35. The fourth-order valence-corrected chi connectivity index (χ4v) is 2.83. The molecule has 0 radical (unpaired) electrons. The van der Waals surface area contributed by atoms with Crippen molar-refractivity contribution in [1.82, 2.24) is 10.2 Å². The maximum Gasteiger partial charge on any atom is 0.329 e. The molecule has 2 aliphatic heterocycles. The summed E-state index contributed by atoms with van der Waals surface area (Å²) in [5, 5.41) is 2.53. The monoisotopic (exact) mass is 354 g/mol. The van der Waals surface area contributed by atoms with Crippen LogP contribution in [0.15, 0.2) is 48.2 Å². The number of imide groups is 1. The van der Waals surface area contributed by atoms with Gasteiger partial charge in [0.15, 0.2) is 11.5 Å². The van der Waals surface area contributed by atoms with E-state index in [2.05, 4.69) is 5.32 Å². The molecular formula is C19H15FN2O4. The molecule has 3 amide bonds. The average molecular weight is 354 g/mol. The first kappa shape index (κ1) is 16.1. The number of rotatable bonds is 3. The molecular weight excluding hydrogens is 339 g/mol. The van der Waals surface area contributed by atoms with E-state index in [0.717, 1.165) is 4.90 Å². The molecule has 6 nitrogen and oxygen atoms in total. The van der Waals surface area contributed by atoms with Crippen molar-refractivity contribution in [3.8, 4) is 11.5 Å². The highest BCUT2D eigenvalue weighted by Crippen LogP contribution is 2.31. The largest absolute Gasteiger partial charge is 0.486 e. The molecule has 0 aromatic heterocycles. The Morgan fingerprint density at radius 2 is 1.85 bits per heavy atom. The predicted octanol–water partition coefficient (Wildman–Crippen LogP) is 2.69. The van der Waals surface area contributed by atoms with E-state index in [-0.39, 0.29) is 17.8 Å². The number of ether oxygens (including phenoxy) is 2. The number of hydrogen-bond acceptors (Lipinski definition) is 4. The van der Waals surface area contributed by atoms with Crippen LogP contribution in [0.2, 0.25) is 0 Å². The zero-order valence-electron chi connectivity index (χ0n) is 13.7. The molecule has 0 atom stereocenters. The Balaban J connectivity index is 1.57. The van der Waals surface area contributed by atoms with Crippen molar-refractivity contribution < 1.29 is 23.5 Å². The average Bonchev–Trinajstić information content (AvgIpc) is 2.91. The number of amides is 3. The molecule has 1 N–H and O–H groups in total. The van der Waals surface area contributed by atoms with Crippen LogP contribution in [-0.2, 0) is 11.3 Å². The molecule has 4 rings (SSSR count). The number of carbonyl (C=O) groups excluding carboxylic acids is 2. The van der Waals surface area contributed by atoms with Gasteiger partial charge in [0.05, 0.1) is 6.54 Å². The fraction of sp³-hybridized carbons (Fsp3) is 0.158. The highest BCUT2D eigenvalue weighted by atomic mass is 19.1. The van der Waals surface area contributed by atoms with E-state index in [1.54, 1.807) is 42.5 Å². The summed E-state index contributed by atoms with van der Waals surface area (Å²) in [6.07, 6.45) is 1.56. The Bertz CT molecular complexity index is 926. The van der Waals surface area contributed by atoms with Crippen molar-refractivity contribution in [2.24, 2.45) is 0 Å². The first-order chi connectivity index (χ1) is 12.6. The van der Waals surface area contributed by atoms with E-state index in [1.165, 1.54) is 6.07 Å². The van der Waals surface area contributed by atoms with Crippen molar-refractivity contribution in [2.45, 2.75) is 6.54 Å². The van der Waals surface area contributed by atoms with Gasteiger partial charge in [0, 0.05) is 5.56 Å². The van der Waals surface area contributed by atoms with Gasteiger partial charge in [-0.1, -0.05) is 24.3 Å². The van der Waals surface area contributed by atoms with Crippen LogP contribution in [0.25, 0.3) is 6.08 Å². The number of benzene rings is 2. The van der Waals surface area contributed by atoms with Gasteiger partial charge in [-0.25, -0.2) is 9.18 Å². The highest BCUT2D eigenvalue weighted by Gasteiger charge is 2.34. The summed E-state index contributed by atoms with van der Waals surface area (Å²) in [4.78, 5) is 25.6. The van der Waals surface area contributed by atoms with E-state index >= 15 is 0 Å². The van der Waals surface area contributed by atoms with Crippen LogP contribution in [0.3, 0.4) is 0 Å². The Labute approximate surface area is 148 Å². The number of nitrogens with zero attached hydrogens (tertiary/aromatic N) is 1. The van der Waals surface area contributed by atoms with Crippen LogP contribution < -0.4 is 14.8 Å². The van der Waals surface area contributed by atoms with E-state index in [0.29, 0.717) is 30.3 Å². The van der Waals surface area contributed by atoms with Gasteiger partial charge in [0.1, 0.15) is 24.7 Å². The Morgan fingerprint density at radius 3 is 2.65 bits per heavy atom. The summed E-state index contributed by atoms with van der Waals surface area (Å²) in [7, 11) is 0.